The van der Waals surface area contributed by atoms with Gasteiger partial charge in [-0.2, -0.15) is 0 Å². The fraction of sp³-hybridized carbons (Fsp3) is 0.615. The number of unbranched alkanes of at least 4 members (excludes halogenated alkanes) is 1. The van der Waals surface area contributed by atoms with Crippen molar-refractivity contribution in [3.63, 3.8) is 0 Å². The van der Waals surface area contributed by atoms with E-state index in [4.69, 9.17) is 0 Å². The summed E-state index contributed by atoms with van der Waals surface area (Å²) in [6.07, 6.45) is 4.33. The molecule has 0 aliphatic carbocycles. The van der Waals surface area contributed by atoms with Crippen molar-refractivity contribution in [1.29, 1.82) is 0 Å². The molecule has 1 aliphatic rings. The first-order valence-corrected chi connectivity index (χ1v) is 15.1. The zero-order valence-electron chi connectivity index (χ0n) is 21.6. The van der Waals surface area contributed by atoms with Crippen molar-refractivity contribution in [2.24, 2.45) is 5.92 Å². The summed E-state index contributed by atoms with van der Waals surface area (Å²) < 4.78 is 27.1. The van der Waals surface area contributed by atoms with E-state index in [1.54, 1.807) is 6.92 Å². The van der Waals surface area contributed by atoms with E-state index in [1.165, 1.54) is 18.2 Å². The third-order valence-corrected chi connectivity index (χ3v) is 8.89. The van der Waals surface area contributed by atoms with Crippen LogP contribution in [0.2, 0.25) is 0 Å². The highest BCUT2D eigenvalue weighted by atomic mass is 33.1. The highest BCUT2D eigenvalue weighted by Gasteiger charge is 2.31. The van der Waals surface area contributed by atoms with Crippen LogP contribution in [0.15, 0.2) is 18.2 Å². The van der Waals surface area contributed by atoms with Crippen LogP contribution in [0.25, 0.3) is 0 Å². The molecule has 0 saturated carbocycles. The Morgan fingerprint density at radius 2 is 1.81 bits per heavy atom. The van der Waals surface area contributed by atoms with E-state index in [2.05, 4.69) is 16.0 Å². The molecule has 0 spiro atoms. The maximum atomic E-state index is 13.7. The first-order valence-electron chi connectivity index (χ1n) is 12.7. The molecular weight excluding hydrogens is 520 g/mol. The lowest BCUT2D eigenvalue weighted by atomic mass is 9.99. The number of carbonyl (C=O) groups excluding carboxylic acids is 4. The molecule has 7 nitrogen and oxygen atoms in total. The van der Waals surface area contributed by atoms with Crippen LogP contribution in [-0.2, 0) is 25.6 Å². The second-order valence-corrected chi connectivity index (χ2v) is 12.3. The van der Waals surface area contributed by atoms with Crippen molar-refractivity contribution in [3.05, 3.63) is 35.4 Å². The molecule has 206 valence electrons. The Bertz CT molecular complexity index is 942. The number of likely N-dealkylation sites (N-methyl/N-ethyl adjacent to an activating group) is 1. The molecule has 3 N–H and O–H groups in total. The first-order chi connectivity index (χ1) is 17.6. The number of carbonyl (C=O) groups is 4. The van der Waals surface area contributed by atoms with E-state index in [0.717, 1.165) is 31.4 Å². The molecule has 1 heterocycles. The lowest BCUT2D eigenvalue weighted by molar-refractivity contribution is -0.140. The average Bonchev–Trinajstić information content (AvgIpc) is 3.36. The second kappa shape index (κ2) is 16.0. The van der Waals surface area contributed by atoms with Gasteiger partial charge in [0.25, 0.3) is 5.91 Å². The molecule has 1 aliphatic heterocycles. The highest BCUT2D eigenvalue weighted by Crippen LogP contribution is 2.39. The van der Waals surface area contributed by atoms with Crippen molar-refractivity contribution >= 4 is 45.1 Å². The molecule has 37 heavy (non-hydrogen) atoms. The van der Waals surface area contributed by atoms with Crippen LogP contribution in [-0.4, -0.2) is 53.1 Å². The summed E-state index contributed by atoms with van der Waals surface area (Å²) in [4.78, 5) is 50.8. The van der Waals surface area contributed by atoms with Crippen LogP contribution >= 0.6 is 21.6 Å². The van der Waals surface area contributed by atoms with Crippen LogP contribution in [0.5, 0.6) is 0 Å². The molecule has 2 rings (SSSR count). The summed E-state index contributed by atoms with van der Waals surface area (Å²) in [7, 11) is 3.79. The third-order valence-electron chi connectivity index (χ3n) is 5.88. The smallest absolute Gasteiger partial charge is 0.289 e. The Morgan fingerprint density at radius 3 is 2.43 bits per heavy atom. The van der Waals surface area contributed by atoms with E-state index in [9.17, 15) is 28.0 Å². The van der Waals surface area contributed by atoms with Gasteiger partial charge in [-0.05, 0) is 56.2 Å². The summed E-state index contributed by atoms with van der Waals surface area (Å²) in [6, 6.07) is 0.932. The van der Waals surface area contributed by atoms with Crippen molar-refractivity contribution in [1.82, 2.24) is 16.0 Å². The van der Waals surface area contributed by atoms with Gasteiger partial charge in [0.05, 0.1) is 0 Å². The third kappa shape index (κ3) is 11.0. The van der Waals surface area contributed by atoms with E-state index in [0.29, 0.717) is 18.1 Å². The minimum absolute atomic E-state index is 0.0664. The van der Waals surface area contributed by atoms with Crippen molar-refractivity contribution < 1.29 is 28.0 Å². The number of Topliss-reactive ketones (excluding diaryl/α,β-unsaturated/α-hetero) is 1. The van der Waals surface area contributed by atoms with Crippen LogP contribution in [0.1, 0.15) is 64.9 Å². The number of hydrogen-bond acceptors (Lipinski definition) is 6. The average molecular weight is 558 g/mol. The van der Waals surface area contributed by atoms with Crippen molar-refractivity contribution in [2.45, 2.75) is 83.1 Å². The second-order valence-electron chi connectivity index (χ2n) is 9.56. The molecule has 0 radical (unpaired) electrons. The molecule has 3 amide bonds. The maximum absolute atomic E-state index is 13.7. The quantitative estimate of drug-likeness (QED) is 0.171. The summed E-state index contributed by atoms with van der Waals surface area (Å²) in [5.41, 5.74) is 0.241. The van der Waals surface area contributed by atoms with Gasteiger partial charge >= 0.3 is 0 Å². The first kappa shape index (κ1) is 31.1. The van der Waals surface area contributed by atoms with Crippen LogP contribution < -0.4 is 16.0 Å². The van der Waals surface area contributed by atoms with Gasteiger partial charge in [0.15, 0.2) is 11.6 Å². The van der Waals surface area contributed by atoms with Gasteiger partial charge in [0, 0.05) is 30.4 Å². The fourth-order valence-corrected chi connectivity index (χ4v) is 7.01. The molecule has 1 unspecified atom stereocenters. The van der Waals surface area contributed by atoms with Gasteiger partial charge < -0.3 is 16.0 Å². The number of rotatable bonds is 15. The van der Waals surface area contributed by atoms with Gasteiger partial charge in [-0.3, -0.25) is 19.2 Å². The SMILES string of the molecule is CCNC(=O)C(=O)[C@H](Cc1ccc(F)c(F)c1)NC(=O)[C@H](CC(C)C)NC(=O)CCCCC1CCSS1. The maximum Gasteiger partial charge on any atom is 0.289 e. The Morgan fingerprint density at radius 1 is 1.05 bits per heavy atom. The van der Waals surface area contributed by atoms with Gasteiger partial charge in [0.1, 0.15) is 12.1 Å². The topological polar surface area (TPSA) is 104 Å². The lowest BCUT2D eigenvalue weighted by Gasteiger charge is -2.24. The van der Waals surface area contributed by atoms with Crippen LogP contribution in [0.4, 0.5) is 8.78 Å². The zero-order chi connectivity index (χ0) is 27.4. The standard InChI is InChI=1S/C26H37F2N3O4S2/c1-4-29-26(35)24(33)21(15-17-9-10-19(27)20(28)14-17)31-25(34)22(13-16(2)3)30-23(32)8-6-5-7-18-11-12-36-37-18/h9-10,14,16,18,21-22H,4-8,11-13,15H2,1-3H3,(H,29,35)(H,30,32)(H,31,34)/t18?,21-,22-/m0/s1. The predicted octanol–water partition coefficient (Wildman–Crippen LogP) is 3.94. The number of ketones is 1. The number of nitrogens with one attached hydrogen (secondary N) is 3. The zero-order valence-corrected chi connectivity index (χ0v) is 23.2. The van der Waals surface area contributed by atoms with Crippen LogP contribution in [0, 0.1) is 17.6 Å². The molecule has 11 heteroatoms. The van der Waals surface area contributed by atoms with Crippen molar-refractivity contribution in [2.75, 3.05) is 12.3 Å². The number of halogens is 2. The molecule has 0 bridgehead atoms. The predicted molar refractivity (Wildman–Crippen MR) is 144 cm³/mol. The Labute approximate surface area is 225 Å². The summed E-state index contributed by atoms with van der Waals surface area (Å²) in [5.74, 6) is -3.55. The van der Waals surface area contributed by atoms with E-state index < -0.39 is 41.3 Å². The molecule has 1 aromatic rings. The largest absolute Gasteiger partial charge is 0.350 e. The number of amides is 3. The monoisotopic (exact) mass is 557 g/mol. The van der Waals surface area contributed by atoms with Crippen molar-refractivity contribution in [3.8, 4) is 0 Å². The van der Waals surface area contributed by atoms with Gasteiger partial charge in [0.2, 0.25) is 17.6 Å². The van der Waals surface area contributed by atoms with E-state index >= 15 is 0 Å². The molecule has 1 fully saturated rings. The van der Waals surface area contributed by atoms with Crippen LogP contribution in [0.3, 0.4) is 0 Å². The normalized spacial score (nSPS) is 16.8. The molecule has 1 saturated heterocycles. The minimum Gasteiger partial charge on any atom is -0.350 e. The Balaban J connectivity index is 2.04. The number of benzene rings is 1. The lowest BCUT2D eigenvalue weighted by Crippen LogP contribution is -2.54. The molecule has 3 atom stereocenters. The van der Waals surface area contributed by atoms with E-state index in [-0.39, 0.29) is 30.4 Å². The number of hydrogen-bond donors (Lipinski definition) is 3. The van der Waals surface area contributed by atoms with E-state index in [1.807, 2.05) is 35.4 Å². The van der Waals surface area contributed by atoms with Gasteiger partial charge in [-0.15, -0.1) is 0 Å². The summed E-state index contributed by atoms with van der Waals surface area (Å²) in [5, 5.41) is 8.38. The summed E-state index contributed by atoms with van der Waals surface area (Å²) in [6.45, 7) is 5.67. The fourth-order valence-electron chi connectivity index (χ4n) is 3.98. The molecule has 0 aromatic heterocycles. The van der Waals surface area contributed by atoms with Gasteiger partial charge in [-0.25, -0.2) is 8.78 Å². The highest BCUT2D eigenvalue weighted by molar-refractivity contribution is 8.77. The minimum atomic E-state index is -1.31. The summed E-state index contributed by atoms with van der Waals surface area (Å²) >= 11 is 0. The molecular formula is C26H37F2N3O4S2. The Kier molecular flexibility index (Phi) is 13.4. The van der Waals surface area contributed by atoms with Gasteiger partial charge in [-0.1, -0.05) is 47.9 Å². The Hall–Kier alpha value is -2.14. The molecule has 1 aromatic carbocycles.